The molecule has 0 fully saturated rings. The maximum absolute atomic E-state index is 11.9. The lowest BCUT2D eigenvalue weighted by molar-refractivity contribution is -0.136. The van der Waals surface area contributed by atoms with Crippen molar-refractivity contribution in [3.05, 3.63) is 59.7 Å². The van der Waals surface area contributed by atoms with E-state index in [0.29, 0.717) is 17.8 Å². The first kappa shape index (κ1) is 18.2. The number of carbonyl (C=O) groups is 2. The molecule has 0 bridgehead atoms. The third kappa shape index (κ3) is 5.46. The lowest BCUT2D eigenvalue weighted by atomic mass is 10.1. The second-order valence-corrected chi connectivity index (χ2v) is 5.60. The minimum absolute atomic E-state index is 0.504. The van der Waals surface area contributed by atoms with Crippen LogP contribution in [0.4, 0.5) is 5.69 Å². The molecular weight excluding hydrogens is 318 g/mol. The van der Waals surface area contributed by atoms with Gasteiger partial charge >= 0.3 is 11.8 Å². The molecule has 0 aliphatic carbocycles. The van der Waals surface area contributed by atoms with Crippen molar-refractivity contribution >= 4 is 23.2 Å². The van der Waals surface area contributed by atoms with Crippen LogP contribution in [0, 0.1) is 6.92 Å². The highest BCUT2D eigenvalue weighted by atomic mass is 16.5. The van der Waals surface area contributed by atoms with E-state index in [0.717, 1.165) is 16.9 Å². The molecule has 25 heavy (non-hydrogen) atoms. The maximum Gasteiger partial charge on any atom is 0.329 e. The van der Waals surface area contributed by atoms with Crippen LogP contribution < -0.4 is 15.5 Å². The molecule has 0 unspecified atom stereocenters. The Kier molecular flexibility index (Phi) is 6.28. The molecule has 6 heteroatoms. The molecule has 2 aromatic rings. The number of methoxy groups -OCH3 is 1. The van der Waals surface area contributed by atoms with Gasteiger partial charge < -0.3 is 10.1 Å². The van der Waals surface area contributed by atoms with E-state index in [1.54, 1.807) is 26.2 Å². The molecule has 0 aliphatic rings. The van der Waals surface area contributed by atoms with Crippen molar-refractivity contribution in [2.45, 2.75) is 20.3 Å². The molecule has 2 amide bonds. The summed E-state index contributed by atoms with van der Waals surface area (Å²) in [6, 6.07) is 14.7. The SMILES string of the molecule is COc1ccccc1C/C(C)=N\NC(=O)C(=O)Nc1ccc(C)cc1. The van der Waals surface area contributed by atoms with Crippen LogP contribution in [0.2, 0.25) is 0 Å². The number of nitrogens with one attached hydrogen (secondary N) is 2. The third-order valence-corrected chi connectivity index (χ3v) is 3.50. The highest BCUT2D eigenvalue weighted by Gasteiger charge is 2.13. The summed E-state index contributed by atoms with van der Waals surface area (Å²) < 4.78 is 5.28. The van der Waals surface area contributed by atoms with E-state index in [-0.39, 0.29) is 0 Å². The van der Waals surface area contributed by atoms with E-state index in [9.17, 15) is 9.59 Å². The summed E-state index contributed by atoms with van der Waals surface area (Å²) in [6.45, 7) is 3.71. The molecule has 0 saturated carbocycles. The van der Waals surface area contributed by atoms with Crippen LogP contribution in [0.15, 0.2) is 53.6 Å². The van der Waals surface area contributed by atoms with Crippen molar-refractivity contribution in [3.8, 4) is 5.75 Å². The second-order valence-electron chi connectivity index (χ2n) is 5.60. The monoisotopic (exact) mass is 339 g/mol. The summed E-state index contributed by atoms with van der Waals surface area (Å²) in [7, 11) is 1.60. The first-order valence-corrected chi connectivity index (χ1v) is 7.82. The van der Waals surface area contributed by atoms with E-state index in [2.05, 4.69) is 15.8 Å². The van der Waals surface area contributed by atoms with Gasteiger partial charge in [-0.05, 0) is 37.6 Å². The fourth-order valence-corrected chi connectivity index (χ4v) is 2.19. The smallest absolute Gasteiger partial charge is 0.329 e. The lowest BCUT2D eigenvalue weighted by Gasteiger charge is -2.08. The molecule has 130 valence electrons. The Hall–Kier alpha value is -3.15. The van der Waals surface area contributed by atoms with E-state index >= 15 is 0 Å². The number of ether oxygens (including phenoxy) is 1. The molecule has 0 radical (unpaired) electrons. The highest BCUT2D eigenvalue weighted by molar-refractivity contribution is 6.39. The van der Waals surface area contributed by atoms with E-state index in [1.807, 2.05) is 43.3 Å². The zero-order chi connectivity index (χ0) is 18.2. The molecule has 0 saturated heterocycles. The quantitative estimate of drug-likeness (QED) is 0.499. The first-order valence-electron chi connectivity index (χ1n) is 7.82. The molecule has 0 aromatic heterocycles. The van der Waals surface area contributed by atoms with Crippen LogP contribution in [0.1, 0.15) is 18.1 Å². The van der Waals surface area contributed by atoms with Crippen molar-refractivity contribution in [2.24, 2.45) is 5.10 Å². The number of hydrogen-bond donors (Lipinski definition) is 2. The summed E-state index contributed by atoms with van der Waals surface area (Å²) in [6.07, 6.45) is 0.504. The van der Waals surface area contributed by atoms with Crippen molar-refractivity contribution in [2.75, 3.05) is 12.4 Å². The standard InChI is InChI=1S/C19H21N3O3/c1-13-8-10-16(11-9-13)20-18(23)19(24)22-21-14(2)12-15-6-4-5-7-17(15)25-3/h4-11H,12H2,1-3H3,(H,20,23)(H,22,24)/b21-14-. The number of carbonyl (C=O) groups excluding carboxylic acids is 2. The predicted molar refractivity (Wildman–Crippen MR) is 97.8 cm³/mol. The molecule has 2 aromatic carbocycles. The van der Waals surface area contributed by atoms with Crippen LogP contribution in [0.25, 0.3) is 0 Å². The topological polar surface area (TPSA) is 79.8 Å². The van der Waals surface area contributed by atoms with Crippen LogP contribution in [-0.2, 0) is 16.0 Å². The Bertz CT molecular complexity index is 783. The fourth-order valence-electron chi connectivity index (χ4n) is 2.19. The Labute approximate surface area is 146 Å². The van der Waals surface area contributed by atoms with E-state index < -0.39 is 11.8 Å². The molecule has 2 rings (SSSR count). The summed E-state index contributed by atoms with van der Waals surface area (Å²) in [4.78, 5) is 23.7. The van der Waals surface area contributed by atoms with Crippen molar-refractivity contribution < 1.29 is 14.3 Å². The normalized spacial score (nSPS) is 10.9. The van der Waals surface area contributed by atoms with E-state index in [1.165, 1.54) is 0 Å². The Morgan fingerprint density at radius 2 is 1.72 bits per heavy atom. The molecule has 0 heterocycles. The minimum Gasteiger partial charge on any atom is -0.496 e. The van der Waals surface area contributed by atoms with Gasteiger partial charge in [0.05, 0.1) is 7.11 Å². The van der Waals surface area contributed by atoms with Crippen LogP contribution in [0.5, 0.6) is 5.75 Å². The highest BCUT2D eigenvalue weighted by Crippen LogP contribution is 2.18. The molecule has 0 aliphatic heterocycles. The van der Waals surface area contributed by atoms with Crippen LogP contribution in [-0.4, -0.2) is 24.6 Å². The fraction of sp³-hybridized carbons (Fsp3) is 0.211. The summed E-state index contributed by atoms with van der Waals surface area (Å²) >= 11 is 0. The molecule has 0 atom stereocenters. The average Bonchev–Trinajstić information content (AvgIpc) is 2.62. The Balaban J connectivity index is 1.91. The number of benzene rings is 2. The first-order chi connectivity index (χ1) is 12.0. The van der Waals surface area contributed by atoms with E-state index in [4.69, 9.17) is 4.74 Å². The number of aryl methyl sites for hydroxylation is 1. The Morgan fingerprint density at radius 3 is 2.40 bits per heavy atom. The minimum atomic E-state index is -0.819. The number of nitrogens with zero attached hydrogens (tertiary/aromatic N) is 1. The zero-order valence-electron chi connectivity index (χ0n) is 14.5. The molecular formula is C19H21N3O3. The maximum atomic E-state index is 11.9. The predicted octanol–water partition coefficient (Wildman–Crippen LogP) is 2.68. The molecule has 0 spiro atoms. The molecule has 6 nitrogen and oxygen atoms in total. The Morgan fingerprint density at radius 1 is 1.04 bits per heavy atom. The van der Waals surface area contributed by atoms with Gasteiger partial charge in [0, 0.05) is 17.8 Å². The van der Waals surface area contributed by atoms with Crippen molar-refractivity contribution in [1.82, 2.24) is 5.43 Å². The van der Waals surface area contributed by atoms with Crippen molar-refractivity contribution in [3.63, 3.8) is 0 Å². The lowest BCUT2D eigenvalue weighted by Crippen LogP contribution is -2.33. The van der Waals surface area contributed by atoms with Crippen molar-refractivity contribution in [1.29, 1.82) is 0 Å². The van der Waals surface area contributed by atoms with Gasteiger partial charge in [-0.25, -0.2) is 5.43 Å². The second kappa shape index (κ2) is 8.63. The van der Waals surface area contributed by atoms with Crippen LogP contribution >= 0.6 is 0 Å². The number of para-hydroxylation sites is 1. The van der Waals surface area contributed by atoms with Gasteiger partial charge in [-0.15, -0.1) is 0 Å². The van der Waals surface area contributed by atoms with Gasteiger partial charge in [0.1, 0.15) is 5.75 Å². The van der Waals surface area contributed by atoms with Gasteiger partial charge in [0.25, 0.3) is 0 Å². The van der Waals surface area contributed by atoms with Gasteiger partial charge in [0.2, 0.25) is 0 Å². The summed E-state index contributed by atoms with van der Waals surface area (Å²) in [5.41, 5.74) is 5.49. The van der Waals surface area contributed by atoms with Gasteiger partial charge in [0.15, 0.2) is 0 Å². The van der Waals surface area contributed by atoms with Gasteiger partial charge in [-0.1, -0.05) is 35.9 Å². The average molecular weight is 339 g/mol. The summed E-state index contributed by atoms with van der Waals surface area (Å²) in [5, 5.41) is 6.49. The third-order valence-electron chi connectivity index (χ3n) is 3.50. The van der Waals surface area contributed by atoms with Crippen LogP contribution in [0.3, 0.4) is 0 Å². The summed E-state index contributed by atoms with van der Waals surface area (Å²) in [5.74, 6) is -0.835. The number of amides is 2. The number of hydrazone groups is 1. The van der Waals surface area contributed by atoms with Gasteiger partial charge in [-0.3, -0.25) is 9.59 Å². The molecule has 2 N–H and O–H groups in total. The number of anilines is 1. The zero-order valence-corrected chi connectivity index (χ0v) is 14.5. The number of rotatable bonds is 5. The largest absolute Gasteiger partial charge is 0.496 e. The number of hydrogen-bond acceptors (Lipinski definition) is 4. The van der Waals surface area contributed by atoms with Gasteiger partial charge in [-0.2, -0.15) is 5.10 Å².